The highest BCUT2D eigenvalue weighted by molar-refractivity contribution is 5.80. The van der Waals surface area contributed by atoms with E-state index in [1.807, 2.05) is 6.07 Å². The van der Waals surface area contributed by atoms with Gasteiger partial charge in [0.2, 0.25) is 5.95 Å². The van der Waals surface area contributed by atoms with Crippen LogP contribution >= 0.6 is 0 Å². The van der Waals surface area contributed by atoms with E-state index in [1.54, 1.807) is 0 Å². The SMILES string of the molecule is N#Cc1c[nH]c2ncc(=O)n(-c3ccnc(N)n3)c12. The zero-order chi connectivity index (χ0) is 13.4. The maximum Gasteiger partial charge on any atom is 0.275 e. The van der Waals surface area contributed by atoms with Crippen molar-refractivity contribution in [2.45, 2.75) is 0 Å². The number of anilines is 1. The van der Waals surface area contributed by atoms with E-state index >= 15 is 0 Å². The van der Waals surface area contributed by atoms with E-state index in [0.717, 1.165) is 6.20 Å². The molecule has 19 heavy (non-hydrogen) atoms. The Hall–Kier alpha value is -3.21. The van der Waals surface area contributed by atoms with Gasteiger partial charge in [-0.05, 0) is 0 Å². The lowest BCUT2D eigenvalue weighted by Gasteiger charge is -2.06. The van der Waals surface area contributed by atoms with Crippen LogP contribution in [0.2, 0.25) is 0 Å². The number of aromatic amines is 1. The predicted octanol–water partition coefficient (Wildman–Crippen LogP) is -0.0423. The molecule has 8 nitrogen and oxygen atoms in total. The van der Waals surface area contributed by atoms with Gasteiger partial charge in [0, 0.05) is 18.5 Å². The Bertz CT molecular complexity index is 871. The molecule has 0 spiro atoms. The lowest BCUT2D eigenvalue weighted by atomic mass is 10.3. The average Bonchev–Trinajstić information content (AvgIpc) is 2.81. The van der Waals surface area contributed by atoms with Crippen molar-refractivity contribution < 1.29 is 0 Å². The van der Waals surface area contributed by atoms with Crippen LogP contribution in [-0.4, -0.2) is 24.5 Å². The third-order valence-electron chi connectivity index (χ3n) is 2.59. The maximum absolute atomic E-state index is 12.0. The molecule has 0 fully saturated rings. The molecule has 0 saturated heterocycles. The van der Waals surface area contributed by atoms with Crippen molar-refractivity contribution in [1.29, 1.82) is 5.26 Å². The Morgan fingerprint density at radius 3 is 3.00 bits per heavy atom. The number of nitriles is 1. The van der Waals surface area contributed by atoms with Crippen molar-refractivity contribution in [3.8, 4) is 11.9 Å². The fourth-order valence-electron chi connectivity index (χ4n) is 1.82. The molecule has 0 amide bonds. The zero-order valence-corrected chi connectivity index (χ0v) is 9.53. The van der Waals surface area contributed by atoms with E-state index in [-0.39, 0.29) is 5.95 Å². The molecule has 0 aliphatic heterocycles. The first kappa shape index (κ1) is 10.9. The number of nitrogens with zero attached hydrogens (tertiary/aromatic N) is 5. The van der Waals surface area contributed by atoms with Crippen LogP contribution < -0.4 is 11.3 Å². The molecular formula is C11H7N7O. The summed E-state index contributed by atoms with van der Waals surface area (Å²) in [5.41, 5.74) is 6.20. The van der Waals surface area contributed by atoms with Crippen LogP contribution in [0.25, 0.3) is 17.0 Å². The van der Waals surface area contributed by atoms with E-state index in [1.165, 1.54) is 23.0 Å². The van der Waals surface area contributed by atoms with E-state index in [4.69, 9.17) is 11.0 Å². The Balaban J connectivity index is 2.46. The van der Waals surface area contributed by atoms with Gasteiger partial charge in [-0.1, -0.05) is 0 Å². The van der Waals surface area contributed by atoms with Crippen LogP contribution in [0.15, 0.2) is 29.5 Å². The molecule has 0 bridgehead atoms. The Morgan fingerprint density at radius 1 is 1.42 bits per heavy atom. The number of H-pyrrole nitrogens is 1. The summed E-state index contributed by atoms with van der Waals surface area (Å²) >= 11 is 0. The van der Waals surface area contributed by atoms with Gasteiger partial charge in [0.1, 0.15) is 17.4 Å². The highest BCUT2D eigenvalue weighted by Gasteiger charge is 2.13. The molecule has 3 rings (SSSR count). The second-order valence-electron chi connectivity index (χ2n) is 3.72. The van der Waals surface area contributed by atoms with E-state index in [9.17, 15) is 4.79 Å². The molecule has 3 aromatic heterocycles. The largest absolute Gasteiger partial charge is 0.368 e. The third kappa shape index (κ3) is 1.61. The molecule has 0 aliphatic carbocycles. The summed E-state index contributed by atoms with van der Waals surface area (Å²) in [6.45, 7) is 0. The van der Waals surface area contributed by atoms with Crippen molar-refractivity contribution in [2.75, 3.05) is 5.73 Å². The highest BCUT2D eigenvalue weighted by Crippen LogP contribution is 2.16. The molecule has 0 aliphatic rings. The summed E-state index contributed by atoms with van der Waals surface area (Å²) in [5, 5.41) is 9.07. The van der Waals surface area contributed by atoms with Crippen molar-refractivity contribution in [1.82, 2.24) is 24.5 Å². The quantitative estimate of drug-likeness (QED) is 0.626. The molecular weight excluding hydrogens is 246 g/mol. The number of fused-ring (bicyclic) bond motifs is 1. The lowest BCUT2D eigenvalue weighted by molar-refractivity contribution is 0.954. The third-order valence-corrected chi connectivity index (χ3v) is 2.59. The minimum Gasteiger partial charge on any atom is -0.368 e. The van der Waals surface area contributed by atoms with Gasteiger partial charge in [0.05, 0.1) is 11.8 Å². The van der Waals surface area contributed by atoms with Gasteiger partial charge >= 0.3 is 0 Å². The molecule has 3 N–H and O–H groups in total. The van der Waals surface area contributed by atoms with Gasteiger partial charge in [0.25, 0.3) is 5.56 Å². The highest BCUT2D eigenvalue weighted by atomic mass is 16.1. The van der Waals surface area contributed by atoms with Crippen molar-refractivity contribution in [3.63, 3.8) is 0 Å². The van der Waals surface area contributed by atoms with E-state index in [0.29, 0.717) is 22.5 Å². The van der Waals surface area contributed by atoms with Crippen LogP contribution in [0.5, 0.6) is 0 Å². The van der Waals surface area contributed by atoms with Gasteiger partial charge in [-0.3, -0.25) is 9.36 Å². The summed E-state index contributed by atoms with van der Waals surface area (Å²) in [6.07, 6.45) is 4.07. The standard InChI is InChI=1S/C11H7N7O/c12-3-6-4-15-10-9(6)18(8(19)5-16-10)7-1-2-14-11(13)17-7/h1-2,4-5,15H,(H2,13,14,17). The Kier molecular flexibility index (Phi) is 2.25. The molecule has 92 valence electrons. The van der Waals surface area contributed by atoms with Gasteiger partial charge < -0.3 is 10.7 Å². The second kappa shape index (κ2) is 3.92. The summed E-state index contributed by atoms with van der Waals surface area (Å²) in [5.74, 6) is 0.337. The second-order valence-corrected chi connectivity index (χ2v) is 3.72. The minimum atomic E-state index is -0.401. The molecule has 3 aromatic rings. The van der Waals surface area contributed by atoms with Gasteiger partial charge in [0.15, 0.2) is 5.65 Å². The number of nitrogens with two attached hydrogens (primary N) is 1. The van der Waals surface area contributed by atoms with Crippen LogP contribution in [0, 0.1) is 11.3 Å². The molecule has 8 heteroatoms. The predicted molar refractivity (Wildman–Crippen MR) is 66.4 cm³/mol. The average molecular weight is 253 g/mol. The van der Waals surface area contributed by atoms with Crippen LogP contribution in [0.3, 0.4) is 0 Å². The number of nitrogen functional groups attached to an aromatic ring is 1. The fourth-order valence-corrected chi connectivity index (χ4v) is 1.82. The van der Waals surface area contributed by atoms with Crippen LogP contribution in [-0.2, 0) is 0 Å². The molecule has 0 aromatic carbocycles. The van der Waals surface area contributed by atoms with E-state index < -0.39 is 5.56 Å². The van der Waals surface area contributed by atoms with Crippen LogP contribution in [0.1, 0.15) is 5.56 Å². The van der Waals surface area contributed by atoms with E-state index in [2.05, 4.69) is 19.9 Å². The monoisotopic (exact) mass is 253 g/mol. The van der Waals surface area contributed by atoms with Gasteiger partial charge in [-0.15, -0.1) is 0 Å². The summed E-state index contributed by atoms with van der Waals surface area (Å²) in [6, 6.07) is 3.53. The Morgan fingerprint density at radius 2 is 2.26 bits per heavy atom. The molecule has 0 atom stereocenters. The van der Waals surface area contributed by atoms with Crippen molar-refractivity contribution in [2.24, 2.45) is 0 Å². The summed E-state index contributed by atoms with van der Waals surface area (Å²) in [7, 11) is 0. The molecule has 0 radical (unpaired) electrons. The maximum atomic E-state index is 12.0. The first-order valence-electron chi connectivity index (χ1n) is 5.29. The summed E-state index contributed by atoms with van der Waals surface area (Å²) in [4.78, 5) is 26.5. The van der Waals surface area contributed by atoms with Gasteiger partial charge in [-0.25, -0.2) is 9.97 Å². The minimum absolute atomic E-state index is 0.0448. The summed E-state index contributed by atoms with van der Waals surface area (Å²) < 4.78 is 1.27. The number of aromatic nitrogens is 5. The smallest absolute Gasteiger partial charge is 0.275 e. The first-order valence-corrected chi connectivity index (χ1v) is 5.29. The number of hydrogen-bond acceptors (Lipinski definition) is 6. The fraction of sp³-hybridized carbons (Fsp3) is 0. The molecule has 0 saturated carbocycles. The first-order chi connectivity index (χ1) is 9.20. The van der Waals surface area contributed by atoms with Gasteiger partial charge in [-0.2, -0.15) is 10.2 Å². The van der Waals surface area contributed by atoms with Crippen molar-refractivity contribution in [3.05, 3.63) is 40.6 Å². The molecule has 0 unspecified atom stereocenters. The number of nitrogens with one attached hydrogen (secondary N) is 1. The number of hydrogen-bond donors (Lipinski definition) is 2. The molecule has 3 heterocycles. The topological polar surface area (TPSA) is 126 Å². The van der Waals surface area contributed by atoms with Crippen molar-refractivity contribution >= 4 is 17.1 Å². The normalized spacial score (nSPS) is 10.5. The lowest BCUT2D eigenvalue weighted by Crippen LogP contribution is -2.20. The number of rotatable bonds is 1. The Labute approximate surface area is 106 Å². The zero-order valence-electron chi connectivity index (χ0n) is 9.53. The van der Waals surface area contributed by atoms with Crippen LogP contribution in [0.4, 0.5) is 5.95 Å².